The van der Waals surface area contributed by atoms with E-state index in [0.717, 1.165) is 38.1 Å². The van der Waals surface area contributed by atoms with Gasteiger partial charge in [-0.05, 0) is 57.1 Å². The van der Waals surface area contributed by atoms with E-state index in [1.165, 1.54) is 23.8 Å². The van der Waals surface area contributed by atoms with Crippen LogP contribution in [0.3, 0.4) is 0 Å². The van der Waals surface area contributed by atoms with Gasteiger partial charge in [-0.1, -0.05) is 18.2 Å². The molecule has 3 heterocycles. The molecule has 1 atom stereocenters. The Balaban J connectivity index is 1.62. The van der Waals surface area contributed by atoms with Crippen LogP contribution in [0.25, 0.3) is 10.9 Å². The van der Waals surface area contributed by atoms with E-state index >= 15 is 0 Å². The molecule has 2 aromatic rings. The highest BCUT2D eigenvalue weighted by Gasteiger charge is 2.46. The number of carbonyl (C=O) groups is 1. The van der Waals surface area contributed by atoms with Crippen LogP contribution in [0.15, 0.2) is 36.5 Å². The number of nitrogens with zero attached hydrogens (tertiary/aromatic N) is 3. The van der Waals surface area contributed by atoms with Gasteiger partial charge < -0.3 is 10.2 Å². The van der Waals surface area contributed by atoms with Gasteiger partial charge in [0.05, 0.1) is 5.52 Å². The summed E-state index contributed by atoms with van der Waals surface area (Å²) in [6, 6.07) is 10.8. The number of hydrogen-bond acceptors (Lipinski definition) is 4. The smallest absolute Gasteiger partial charge is 0.217 e. The molecular formula is C21H28N4O. The molecule has 0 bridgehead atoms. The van der Waals surface area contributed by atoms with Crippen molar-refractivity contribution in [3.05, 3.63) is 42.1 Å². The molecule has 2 aliphatic rings. The predicted molar refractivity (Wildman–Crippen MR) is 104 cm³/mol. The highest BCUT2D eigenvalue weighted by molar-refractivity contribution is 5.81. The number of amides is 1. The van der Waals surface area contributed by atoms with Crippen LogP contribution in [0.2, 0.25) is 0 Å². The summed E-state index contributed by atoms with van der Waals surface area (Å²) in [6.45, 7) is 5.73. The number of hydrogen-bond donors (Lipinski definition) is 1. The summed E-state index contributed by atoms with van der Waals surface area (Å²) in [5, 5.41) is 4.41. The topological polar surface area (TPSA) is 48.5 Å². The molecule has 5 nitrogen and oxygen atoms in total. The Morgan fingerprint density at radius 3 is 2.81 bits per heavy atom. The van der Waals surface area contributed by atoms with Crippen LogP contribution in [0.4, 0.5) is 0 Å². The van der Waals surface area contributed by atoms with Gasteiger partial charge >= 0.3 is 0 Å². The van der Waals surface area contributed by atoms with Crippen LogP contribution in [-0.4, -0.2) is 59.0 Å². The van der Waals surface area contributed by atoms with Gasteiger partial charge in [0.25, 0.3) is 0 Å². The Bertz CT molecular complexity index is 792. The quantitative estimate of drug-likeness (QED) is 0.922. The van der Waals surface area contributed by atoms with Crippen molar-refractivity contribution in [1.29, 1.82) is 0 Å². The number of fused-ring (bicyclic) bond motifs is 1. The van der Waals surface area contributed by atoms with Crippen molar-refractivity contribution < 1.29 is 4.79 Å². The molecule has 1 aromatic carbocycles. The molecule has 1 unspecified atom stereocenters. The lowest BCUT2D eigenvalue weighted by Gasteiger charge is -2.44. The molecule has 5 heteroatoms. The van der Waals surface area contributed by atoms with Gasteiger partial charge in [-0.3, -0.25) is 14.7 Å². The first-order chi connectivity index (χ1) is 12.6. The molecule has 1 N–H and O–H groups in total. The van der Waals surface area contributed by atoms with Crippen LogP contribution in [0.5, 0.6) is 0 Å². The van der Waals surface area contributed by atoms with Crippen molar-refractivity contribution in [1.82, 2.24) is 20.1 Å². The molecule has 138 valence electrons. The first-order valence-electron chi connectivity index (χ1n) is 9.59. The number of para-hydroxylation sites is 1. The van der Waals surface area contributed by atoms with E-state index < -0.39 is 0 Å². The maximum Gasteiger partial charge on any atom is 0.217 e. The van der Waals surface area contributed by atoms with E-state index in [4.69, 9.17) is 0 Å². The molecule has 1 amide bonds. The fourth-order valence-corrected chi connectivity index (χ4v) is 4.78. The number of likely N-dealkylation sites (tertiary alicyclic amines) is 2. The minimum atomic E-state index is 0.0780. The van der Waals surface area contributed by atoms with Crippen molar-refractivity contribution in [3.8, 4) is 0 Å². The fraction of sp³-hybridized carbons (Fsp3) is 0.524. The van der Waals surface area contributed by atoms with Crippen molar-refractivity contribution in [3.63, 3.8) is 0 Å². The third-order valence-electron chi connectivity index (χ3n) is 6.16. The van der Waals surface area contributed by atoms with Crippen LogP contribution in [0.1, 0.15) is 31.7 Å². The largest absolute Gasteiger partial charge is 0.352 e. The molecule has 2 aliphatic heterocycles. The summed E-state index contributed by atoms with van der Waals surface area (Å²) in [7, 11) is 2.20. The predicted octanol–water partition coefficient (Wildman–Crippen LogP) is 2.41. The van der Waals surface area contributed by atoms with Gasteiger partial charge in [-0.15, -0.1) is 0 Å². The second-order valence-corrected chi connectivity index (χ2v) is 8.00. The van der Waals surface area contributed by atoms with Crippen LogP contribution in [-0.2, 0) is 11.3 Å². The van der Waals surface area contributed by atoms with Gasteiger partial charge in [0.2, 0.25) is 5.91 Å². The molecule has 2 saturated heterocycles. The SMILES string of the molecule is CC(=O)NC1CN(Cc2ccnc3ccccc23)C2(CCN(C)CC2)C1. The van der Waals surface area contributed by atoms with E-state index in [2.05, 4.69) is 51.4 Å². The lowest BCUT2D eigenvalue weighted by molar-refractivity contribution is -0.119. The summed E-state index contributed by atoms with van der Waals surface area (Å²) in [6.07, 6.45) is 5.31. The Morgan fingerprint density at radius 1 is 1.27 bits per heavy atom. The molecule has 2 fully saturated rings. The molecular weight excluding hydrogens is 324 g/mol. The van der Waals surface area contributed by atoms with Crippen LogP contribution >= 0.6 is 0 Å². The highest BCUT2D eigenvalue weighted by Crippen LogP contribution is 2.39. The summed E-state index contributed by atoms with van der Waals surface area (Å²) in [4.78, 5) is 21.2. The van der Waals surface area contributed by atoms with Gasteiger partial charge in [0.1, 0.15) is 0 Å². The Morgan fingerprint density at radius 2 is 2.04 bits per heavy atom. The average Bonchev–Trinajstić information content (AvgIpc) is 2.94. The second-order valence-electron chi connectivity index (χ2n) is 8.00. The molecule has 1 aromatic heterocycles. The maximum absolute atomic E-state index is 11.6. The second kappa shape index (κ2) is 6.97. The summed E-state index contributed by atoms with van der Waals surface area (Å²) < 4.78 is 0. The van der Waals surface area contributed by atoms with Crippen LogP contribution in [0, 0.1) is 0 Å². The highest BCUT2D eigenvalue weighted by atomic mass is 16.1. The normalized spacial score (nSPS) is 23.5. The minimum Gasteiger partial charge on any atom is -0.352 e. The Hall–Kier alpha value is -1.98. The van der Waals surface area contributed by atoms with E-state index in [-0.39, 0.29) is 17.5 Å². The van der Waals surface area contributed by atoms with E-state index in [9.17, 15) is 4.79 Å². The Labute approximate surface area is 155 Å². The maximum atomic E-state index is 11.6. The number of nitrogens with one attached hydrogen (secondary N) is 1. The van der Waals surface area contributed by atoms with Gasteiger partial charge in [0.15, 0.2) is 0 Å². The van der Waals surface area contributed by atoms with E-state index in [0.29, 0.717) is 0 Å². The first-order valence-corrected chi connectivity index (χ1v) is 9.59. The zero-order valence-corrected chi connectivity index (χ0v) is 15.7. The van der Waals surface area contributed by atoms with Crippen molar-refractivity contribution in [2.45, 2.75) is 44.3 Å². The number of piperidine rings is 1. The third kappa shape index (κ3) is 3.33. The van der Waals surface area contributed by atoms with Crippen molar-refractivity contribution >= 4 is 16.8 Å². The molecule has 0 aliphatic carbocycles. The van der Waals surface area contributed by atoms with Crippen molar-refractivity contribution in [2.24, 2.45) is 0 Å². The molecule has 4 rings (SSSR count). The number of pyridine rings is 1. The fourth-order valence-electron chi connectivity index (χ4n) is 4.78. The number of benzene rings is 1. The zero-order valence-electron chi connectivity index (χ0n) is 15.7. The zero-order chi connectivity index (χ0) is 18.1. The number of rotatable bonds is 3. The summed E-state index contributed by atoms with van der Waals surface area (Å²) in [5.41, 5.74) is 2.58. The lowest BCUT2D eigenvalue weighted by Crippen LogP contribution is -2.50. The van der Waals surface area contributed by atoms with Gasteiger partial charge in [0, 0.05) is 43.2 Å². The van der Waals surface area contributed by atoms with Gasteiger partial charge in [-0.2, -0.15) is 0 Å². The van der Waals surface area contributed by atoms with Crippen molar-refractivity contribution in [2.75, 3.05) is 26.7 Å². The first kappa shape index (κ1) is 17.4. The average molecular weight is 352 g/mol. The van der Waals surface area contributed by atoms with E-state index in [1.54, 1.807) is 6.92 Å². The molecule has 0 saturated carbocycles. The molecule has 1 spiro atoms. The minimum absolute atomic E-state index is 0.0780. The Kier molecular flexibility index (Phi) is 4.67. The standard InChI is InChI=1S/C21H28N4O/c1-16(26)23-18-13-21(8-11-24(2)12-9-21)25(15-18)14-17-7-10-22-20-6-4-3-5-19(17)20/h3-7,10,18H,8-9,11-15H2,1-2H3,(H,23,26). The van der Waals surface area contributed by atoms with Gasteiger partial charge in [-0.25, -0.2) is 0 Å². The monoisotopic (exact) mass is 352 g/mol. The summed E-state index contributed by atoms with van der Waals surface area (Å²) >= 11 is 0. The third-order valence-corrected chi connectivity index (χ3v) is 6.16. The molecule has 0 radical (unpaired) electrons. The van der Waals surface area contributed by atoms with Crippen LogP contribution < -0.4 is 5.32 Å². The molecule has 26 heavy (non-hydrogen) atoms. The number of carbonyl (C=O) groups excluding carboxylic acids is 1. The van der Waals surface area contributed by atoms with E-state index in [1.807, 2.05) is 12.3 Å². The lowest BCUT2D eigenvalue weighted by atomic mass is 9.84. The number of aromatic nitrogens is 1. The summed E-state index contributed by atoms with van der Waals surface area (Å²) in [5.74, 6) is 0.0780.